The lowest BCUT2D eigenvalue weighted by Gasteiger charge is -2.08. The summed E-state index contributed by atoms with van der Waals surface area (Å²) < 4.78 is 13.4. The molecule has 0 aromatic heterocycles. The van der Waals surface area contributed by atoms with Crippen LogP contribution < -0.4 is 5.32 Å². The molecule has 0 atom stereocenters. The molecule has 2 rings (SSSR count). The van der Waals surface area contributed by atoms with Crippen LogP contribution in [-0.4, -0.2) is 10.0 Å². The summed E-state index contributed by atoms with van der Waals surface area (Å²) in [5, 5.41) is 22.9. The molecule has 0 aliphatic rings. The van der Waals surface area contributed by atoms with E-state index in [9.17, 15) is 19.6 Å². The third-order valence-corrected chi connectivity index (χ3v) is 2.62. The number of nitrogens with one attached hydrogen (secondary N) is 1. The van der Waals surface area contributed by atoms with Gasteiger partial charge in [-0.2, -0.15) is 4.39 Å². The van der Waals surface area contributed by atoms with Crippen molar-refractivity contribution in [2.75, 3.05) is 5.32 Å². The molecule has 0 aliphatic carbocycles. The van der Waals surface area contributed by atoms with Crippen LogP contribution in [0.5, 0.6) is 5.75 Å². The standard InChI is InChI=1S/C13H11FN2O3/c14-11-7-10(5-6-12(11)16(18)19)15-8-9-3-1-2-4-13(9)17/h1-7,15,17H,8H2. The van der Waals surface area contributed by atoms with Gasteiger partial charge in [0.15, 0.2) is 0 Å². The Balaban J connectivity index is 2.11. The van der Waals surface area contributed by atoms with Gasteiger partial charge in [-0.1, -0.05) is 18.2 Å². The third kappa shape index (κ3) is 2.98. The van der Waals surface area contributed by atoms with Crippen LogP contribution in [0.15, 0.2) is 42.5 Å². The number of nitrogens with zero attached hydrogens (tertiary/aromatic N) is 1. The van der Waals surface area contributed by atoms with Crippen molar-refractivity contribution in [2.24, 2.45) is 0 Å². The average Bonchev–Trinajstić information content (AvgIpc) is 2.37. The van der Waals surface area contributed by atoms with Crippen molar-refractivity contribution in [3.63, 3.8) is 0 Å². The highest BCUT2D eigenvalue weighted by Gasteiger charge is 2.13. The predicted molar refractivity (Wildman–Crippen MR) is 68.5 cm³/mol. The molecule has 2 aromatic rings. The molecular formula is C13H11FN2O3. The van der Waals surface area contributed by atoms with Crippen molar-refractivity contribution in [3.05, 3.63) is 64.0 Å². The summed E-state index contributed by atoms with van der Waals surface area (Å²) >= 11 is 0. The molecule has 0 aliphatic heterocycles. The zero-order valence-electron chi connectivity index (χ0n) is 9.84. The average molecular weight is 262 g/mol. The van der Waals surface area contributed by atoms with Crippen molar-refractivity contribution in [2.45, 2.75) is 6.54 Å². The summed E-state index contributed by atoms with van der Waals surface area (Å²) in [5.41, 5.74) is 0.501. The van der Waals surface area contributed by atoms with Crippen LogP contribution in [-0.2, 0) is 6.54 Å². The minimum atomic E-state index is -0.896. The maximum Gasteiger partial charge on any atom is 0.304 e. The number of phenolic OH excluding ortho intramolecular Hbond substituents is 1. The van der Waals surface area contributed by atoms with E-state index in [0.29, 0.717) is 17.8 Å². The lowest BCUT2D eigenvalue weighted by molar-refractivity contribution is -0.387. The Labute approximate surface area is 108 Å². The molecule has 2 N–H and O–H groups in total. The highest BCUT2D eigenvalue weighted by molar-refractivity contribution is 5.50. The van der Waals surface area contributed by atoms with Gasteiger partial charge in [0.2, 0.25) is 5.82 Å². The Bertz CT molecular complexity index is 617. The molecule has 0 unspecified atom stereocenters. The van der Waals surface area contributed by atoms with Crippen LogP contribution >= 0.6 is 0 Å². The van der Waals surface area contributed by atoms with E-state index in [1.54, 1.807) is 24.3 Å². The SMILES string of the molecule is O=[N+]([O-])c1ccc(NCc2ccccc2O)cc1F. The van der Waals surface area contributed by atoms with Crippen molar-refractivity contribution in [1.82, 2.24) is 0 Å². The second kappa shape index (κ2) is 5.34. The van der Waals surface area contributed by atoms with E-state index >= 15 is 0 Å². The van der Waals surface area contributed by atoms with Gasteiger partial charge in [0, 0.05) is 29.9 Å². The summed E-state index contributed by atoms with van der Waals surface area (Å²) in [7, 11) is 0. The van der Waals surface area contributed by atoms with Gasteiger partial charge in [-0.15, -0.1) is 0 Å². The number of hydrogen-bond acceptors (Lipinski definition) is 4. The molecule has 0 fully saturated rings. The van der Waals surface area contributed by atoms with E-state index in [1.807, 2.05) is 0 Å². The third-order valence-electron chi connectivity index (χ3n) is 2.62. The number of rotatable bonds is 4. The molecule has 0 radical (unpaired) electrons. The van der Waals surface area contributed by atoms with Crippen LogP contribution in [0.2, 0.25) is 0 Å². The van der Waals surface area contributed by atoms with Crippen LogP contribution in [0.25, 0.3) is 0 Å². The van der Waals surface area contributed by atoms with Crippen molar-refractivity contribution in [3.8, 4) is 5.75 Å². The van der Waals surface area contributed by atoms with E-state index in [-0.39, 0.29) is 5.75 Å². The number of anilines is 1. The Hall–Kier alpha value is -2.63. The van der Waals surface area contributed by atoms with E-state index < -0.39 is 16.4 Å². The number of nitro benzene ring substituents is 1. The fraction of sp³-hybridized carbons (Fsp3) is 0.0769. The maximum atomic E-state index is 13.4. The Morgan fingerprint density at radius 3 is 2.63 bits per heavy atom. The molecule has 0 spiro atoms. The highest BCUT2D eigenvalue weighted by Crippen LogP contribution is 2.22. The highest BCUT2D eigenvalue weighted by atomic mass is 19.1. The molecule has 2 aromatic carbocycles. The molecule has 0 saturated heterocycles. The lowest BCUT2D eigenvalue weighted by Crippen LogP contribution is -2.01. The first-order chi connectivity index (χ1) is 9.08. The Morgan fingerprint density at radius 2 is 2.00 bits per heavy atom. The van der Waals surface area contributed by atoms with Crippen LogP contribution in [0.4, 0.5) is 15.8 Å². The Morgan fingerprint density at radius 1 is 1.26 bits per heavy atom. The maximum absolute atomic E-state index is 13.4. The smallest absolute Gasteiger partial charge is 0.304 e. The zero-order valence-corrected chi connectivity index (χ0v) is 9.84. The number of nitro groups is 1. The van der Waals surface area contributed by atoms with Gasteiger partial charge in [0.05, 0.1) is 4.92 Å². The number of hydrogen-bond donors (Lipinski definition) is 2. The van der Waals surface area contributed by atoms with E-state index in [4.69, 9.17) is 0 Å². The van der Waals surface area contributed by atoms with Gasteiger partial charge in [-0.3, -0.25) is 10.1 Å². The molecule has 0 bridgehead atoms. The zero-order chi connectivity index (χ0) is 13.8. The molecule has 0 amide bonds. The molecular weight excluding hydrogens is 251 g/mol. The normalized spacial score (nSPS) is 10.2. The first kappa shape index (κ1) is 12.8. The summed E-state index contributed by atoms with van der Waals surface area (Å²) in [6, 6.07) is 10.3. The molecule has 98 valence electrons. The van der Waals surface area contributed by atoms with Crippen molar-refractivity contribution >= 4 is 11.4 Å². The van der Waals surface area contributed by atoms with Gasteiger partial charge in [0.25, 0.3) is 0 Å². The summed E-state index contributed by atoms with van der Waals surface area (Å²) in [6.07, 6.45) is 0. The number of para-hydroxylation sites is 1. The first-order valence-electron chi connectivity index (χ1n) is 5.52. The molecule has 0 heterocycles. The summed E-state index contributed by atoms with van der Waals surface area (Å²) in [4.78, 5) is 9.69. The van der Waals surface area contributed by atoms with Gasteiger partial charge in [-0.05, 0) is 12.1 Å². The van der Waals surface area contributed by atoms with Crippen molar-refractivity contribution in [1.29, 1.82) is 0 Å². The molecule has 19 heavy (non-hydrogen) atoms. The minimum absolute atomic E-state index is 0.136. The van der Waals surface area contributed by atoms with E-state index in [0.717, 1.165) is 12.1 Å². The second-order valence-electron chi connectivity index (χ2n) is 3.91. The fourth-order valence-corrected chi connectivity index (χ4v) is 1.62. The molecule has 6 heteroatoms. The number of halogens is 1. The van der Waals surface area contributed by atoms with Crippen molar-refractivity contribution < 1.29 is 14.4 Å². The Kier molecular flexibility index (Phi) is 3.61. The quantitative estimate of drug-likeness (QED) is 0.656. The largest absolute Gasteiger partial charge is 0.508 e. The van der Waals surface area contributed by atoms with Crippen LogP contribution in [0.3, 0.4) is 0 Å². The molecule has 0 saturated carbocycles. The van der Waals surface area contributed by atoms with E-state index in [1.165, 1.54) is 6.07 Å². The summed E-state index contributed by atoms with van der Waals surface area (Å²) in [5.74, 6) is -0.760. The second-order valence-corrected chi connectivity index (χ2v) is 3.91. The van der Waals surface area contributed by atoms with Gasteiger partial charge in [-0.25, -0.2) is 0 Å². The monoisotopic (exact) mass is 262 g/mol. The van der Waals surface area contributed by atoms with E-state index in [2.05, 4.69) is 5.32 Å². The number of phenols is 1. The fourth-order valence-electron chi connectivity index (χ4n) is 1.62. The van der Waals surface area contributed by atoms with Gasteiger partial charge >= 0.3 is 5.69 Å². The topological polar surface area (TPSA) is 75.4 Å². The first-order valence-corrected chi connectivity index (χ1v) is 5.52. The van der Waals surface area contributed by atoms with Gasteiger partial charge < -0.3 is 10.4 Å². The molecule has 5 nitrogen and oxygen atoms in total. The summed E-state index contributed by atoms with van der Waals surface area (Å²) in [6.45, 7) is 0.296. The minimum Gasteiger partial charge on any atom is -0.508 e. The number of aromatic hydroxyl groups is 1. The predicted octanol–water partition coefficient (Wildman–Crippen LogP) is 3.05. The van der Waals surface area contributed by atoms with Crippen LogP contribution in [0, 0.1) is 15.9 Å². The lowest BCUT2D eigenvalue weighted by atomic mass is 10.2. The van der Waals surface area contributed by atoms with Crippen LogP contribution in [0.1, 0.15) is 5.56 Å². The number of benzene rings is 2. The van der Waals surface area contributed by atoms with Gasteiger partial charge in [0.1, 0.15) is 5.75 Å².